The molecule has 2 aliphatic rings. The maximum atomic E-state index is 3.41. The molecule has 0 saturated carbocycles. The van der Waals surface area contributed by atoms with Gasteiger partial charge in [-0.15, -0.1) is 0 Å². The molecule has 0 atom stereocenters. The topological polar surface area (TPSA) is 36.1 Å². The molecule has 2 heterocycles. The minimum absolute atomic E-state index is 0.139. The van der Waals surface area contributed by atoms with Gasteiger partial charge in [0.15, 0.2) is 0 Å². The number of hydrogen-bond donors (Lipinski definition) is 3. The fourth-order valence-corrected chi connectivity index (χ4v) is 1.66. The van der Waals surface area contributed by atoms with E-state index in [4.69, 9.17) is 0 Å². The summed E-state index contributed by atoms with van der Waals surface area (Å²) in [5.41, 5.74) is 0. The van der Waals surface area contributed by atoms with E-state index in [1.165, 1.54) is 32.1 Å². The van der Waals surface area contributed by atoms with E-state index in [1.807, 2.05) is 0 Å². The maximum absolute atomic E-state index is 3.41. The van der Waals surface area contributed by atoms with E-state index in [2.05, 4.69) is 57.5 Å². The van der Waals surface area contributed by atoms with E-state index in [-0.39, 0.29) is 5.79 Å². The Balaban J connectivity index is 0. The SMILES string of the molecule is C1CNC2(C1)NCCN2.CCC.CCC.CCC. The summed E-state index contributed by atoms with van der Waals surface area (Å²) in [6, 6.07) is 0. The van der Waals surface area contributed by atoms with Crippen molar-refractivity contribution in [3.8, 4) is 0 Å². The lowest BCUT2D eigenvalue weighted by molar-refractivity contribution is 0.304. The minimum Gasteiger partial charge on any atom is -0.287 e. The van der Waals surface area contributed by atoms with Crippen LogP contribution in [0.2, 0.25) is 0 Å². The van der Waals surface area contributed by atoms with Gasteiger partial charge in [-0.2, -0.15) is 0 Å². The van der Waals surface area contributed by atoms with Crippen molar-refractivity contribution >= 4 is 0 Å². The lowest BCUT2D eigenvalue weighted by Crippen LogP contribution is -2.56. The summed E-state index contributed by atoms with van der Waals surface area (Å²) in [6.45, 7) is 16.1. The number of nitrogens with one attached hydrogen (secondary N) is 3. The Morgan fingerprint density at radius 1 is 0.667 bits per heavy atom. The molecule has 2 rings (SSSR count). The molecule has 2 aliphatic heterocycles. The Kier molecular flexibility index (Phi) is 16.8. The second kappa shape index (κ2) is 14.9. The van der Waals surface area contributed by atoms with Crippen LogP contribution in [0, 0.1) is 0 Å². The molecule has 1 spiro atoms. The average Bonchev–Trinajstić information content (AvgIpc) is 2.96. The lowest BCUT2D eigenvalue weighted by atomic mass is 10.3. The fourth-order valence-electron chi connectivity index (χ4n) is 1.66. The first-order valence-corrected chi connectivity index (χ1v) is 7.91. The Labute approximate surface area is 116 Å². The van der Waals surface area contributed by atoms with Gasteiger partial charge in [0.05, 0.1) is 0 Å². The van der Waals surface area contributed by atoms with Crippen LogP contribution in [0.5, 0.6) is 0 Å². The predicted octanol–water partition coefficient (Wildman–Crippen LogP) is 3.47. The molecule has 0 radical (unpaired) electrons. The Hall–Kier alpha value is -0.120. The highest BCUT2D eigenvalue weighted by Gasteiger charge is 2.34. The number of hydrogen-bond acceptors (Lipinski definition) is 3. The molecular formula is C15H37N3. The molecule has 3 nitrogen and oxygen atoms in total. The second-order valence-electron chi connectivity index (χ2n) is 4.91. The molecule has 18 heavy (non-hydrogen) atoms. The van der Waals surface area contributed by atoms with Crippen LogP contribution < -0.4 is 16.0 Å². The van der Waals surface area contributed by atoms with Crippen molar-refractivity contribution in [3.05, 3.63) is 0 Å². The van der Waals surface area contributed by atoms with Crippen molar-refractivity contribution in [1.29, 1.82) is 0 Å². The van der Waals surface area contributed by atoms with E-state index >= 15 is 0 Å². The molecular weight excluding hydrogens is 222 g/mol. The molecule has 0 bridgehead atoms. The summed E-state index contributed by atoms with van der Waals surface area (Å²) in [5, 5.41) is 10.2. The Morgan fingerprint density at radius 3 is 1.28 bits per heavy atom. The van der Waals surface area contributed by atoms with Gasteiger partial charge in [0, 0.05) is 13.1 Å². The highest BCUT2D eigenvalue weighted by Crippen LogP contribution is 2.14. The molecule has 3 heteroatoms. The van der Waals surface area contributed by atoms with Crippen LogP contribution in [0.25, 0.3) is 0 Å². The third-order valence-corrected chi connectivity index (χ3v) is 2.13. The van der Waals surface area contributed by atoms with Crippen LogP contribution in [-0.4, -0.2) is 25.4 Å². The molecule has 0 aliphatic carbocycles. The van der Waals surface area contributed by atoms with Crippen molar-refractivity contribution in [2.75, 3.05) is 19.6 Å². The van der Waals surface area contributed by atoms with Gasteiger partial charge >= 0.3 is 0 Å². The lowest BCUT2D eigenvalue weighted by Gasteiger charge is -2.23. The van der Waals surface area contributed by atoms with Crippen molar-refractivity contribution < 1.29 is 0 Å². The largest absolute Gasteiger partial charge is 0.287 e. The summed E-state index contributed by atoms with van der Waals surface area (Å²) in [6.07, 6.45) is 6.27. The van der Waals surface area contributed by atoms with Gasteiger partial charge in [0.25, 0.3) is 0 Å². The smallest absolute Gasteiger partial charge is 0.123 e. The van der Waals surface area contributed by atoms with E-state index in [0.29, 0.717) is 0 Å². The van der Waals surface area contributed by atoms with Crippen LogP contribution in [0.15, 0.2) is 0 Å². The molecule has 0 aromatic carbocycles. The molecule has 112 valence electrons. The van der Waals surface area contributed by atoms with Crippen molar-refractivity contribution in [1.82, 2.24) is 16.0 Å². The summed E-state index contributed by atoms with van der Waals surface area (Å²) in [4.78, 5) is 0. The van der Waals surface area contributed by atoms with Gasteiger partial charge in [-0.3, -0.25) is 16.0 Å². The van der Waals surface area contributed by atoms with Crippen LogP contribution in [0.3, 0.4) is 0 Å². The van der Waals surface area contributed by atoms with Gasteiger partial charge in [0.1, 0.15) is 5.79 Å². The molecule has 3 N–H and O–H groups in total. The second-order valence-corrected chi connectivity index (χ2v) is 4.91. The summed E-state index contributed by atoms with van der Waals surface area (Å²) < 4.78 is 0. The quantitative estimate of drug-likeness (QED) is 0.623. The van der Waals surface area contributed by atoms with E-state index in [9.17, 15) is 0 Å². The van der Waals surface area contributed by atoms with E-state index < -0.39 is 0 Å². The van der Waals surface area contributed by atoms with Crippen molar-refractivity contribution in [2.45, 2.75) is 79.4 Å². The monoisotopic (exact) mass is 259 g/mol. The van der Waals surface area contributed by atoms with Crippen molar-refractivity contribution in [2.24, 2.45) is 0 Å². The molecule has 2 saturated heterocycles. The van der Waals surface area contributed by atoms with Gasteiger partial charge in [0.2, 0.25) is 0 Å². The van der Waals surface area contributed by atoms with Gasteiger partial charge in [-0.25, -0.2) is 0 Å². The average molecular weight is 259 g/mol. The van der Waals surface area contributed by atoms with Crippen LogP contribution in [0.1, 0.15) is 73.6 Å². The molecule has 0 aromatic heterocycles. The molecule has 0 amide bonds. The predicted molar refractivity (Wildman–Crippen MR) is 83.9 cm³/mol. The Morgan fingerprint density at radius 2 is 1.00 bits per heavy atom. The first-order chi connectivity index (χ1) is 8.66. The summed E-state index contributed by atoms with van der Waals surface area (Å²) in [5.74, 6) is 0.139. The highest BCUT2D eigenvalue weighted by molar-refractivity contribution is 4.92. The summed E-state index contributed by atoms with van der Waals surface area (Å²) in [7, 11) is 0. The number of rotatable bonds is 0. The molecule has 0 aromatic rings. The van der Waals surface area contributed by atoms with Crippen LogP contribution >= 0.6 is 0 Å². The van der Waals surface area contributed by atoms with Crippen LogP contribution in [0.4, 0.5) is 0 Å². The first kappa shape index (κ1) is 20.2. The Bertz CT molecular complexity index is 114. The summed E-state index contributed by atoms with van der Waals surface area (Å²) >= 11 is 0. The van der Waals surface area contributed by atoms with Gasteiger partial charge in [-0.05, 0) is 19.4 Å². The highest BCUT2D eigenvalue weighted by atomic mass is 15.4. The third kappa shape index (κ3) is 11.0. The molecule has 0 unspecified atom stereocenters. The minimum atomic E-state index is 0.139. The zero-order chi connectivity index (χ0) is 14.3. The standard InChI is InChI=1S/C6H13N3.3C3H8/c1-2-6(7-3-1)8-4-5-9-6;3*1-3-2/h7-9H,1-5H2;3*3H2,1-2H3. The normalized spacial score (nSPS) is 19.0. The van der Waals surface area contributed by atoms with Gasteiger partial charge < -0.3 is 0 Å². The van der Waals surface area contributed by atoms with Gasteiger partial charge in [-0.1, -0.05) is 60.8 Å². The van der Waals surface area contributed by atoms with Crippen molar-refractivity contribution in [3.63, 3.8) is 0 Å². The third-order valence-electron chi connectivity index (χ3n) is 2.13. The fraction of sp³-hybridized carbons (Fsp3) is 1.00. The maximum Gasteiger partial charge on any atom is 0.123 e. The zero-order valence-electron chi connectivity index (χ0n) is 13.7. The van der Waals surface area contributed by atoms with E-state index in [0.717, 1.165) is 19.6 Å². The first-order valence-electron chi connectivity index (χ1n) is 7.91. The van der Waals surface area contributed by atoms with Crippen LogP contribution in [-0.2, 0) is 0 Å². The zero-order valence-corrected chi connectivity index (χ0v) is 13.7. The van der Waals surface area contributed by atoms with E-state index in [1.54, 1.807) is 0 Å². The molecule has 2 fully saturated rings.